The number of hydrogen-bond acceptors (Lipinski definition) is 2. The highest BCUT2D eigenvalue weighted by atomic mass is 16.3. The number of nitrogens with zero attached hydrogens (tertiary/aromatic N) is 2. The monoisotopic (exact) mass is 369 g/mol. The molecule has 0 bridgehead atoms. The molecule has 3 aromatic carbocycles. The molecule has 4 rings (SSSR count). The molecule has 0 radical (unpaired) electrons. The Labute approximate surface area is 164 Å². The van der Waals surface area contributed by atoms with E-state index in [1.54, 1.807) is 6.08 Å². The van der Waals surface area contributed by atoms with Crippen molar-refractivity contribution >= 4 is 11.0 Å². The summed E-state index contributed by atoms with van der Waals surface area (Å²) in [6, 6.07) is 26.1. The molecule has 0 aliphatic heterocycles. The molecular formula is C24H23N3O. The molecule has 0 unspecified atom stereocenters. The zero-order valence-corrected chi connectivity index (χ0v) is 15.6. The molecule has 0 spiro atoms. The first-order valence-electron chi connectivity index (χ1n) is 9.36. The van der Waals surface area contributed by atoms with Crippen molar-refractivity contribution in [3.8, 4) is 11.1 Å². The van der Waals surface area contributed by atoms with E-state index in [0.717, 1.165) is 27.7 Å². The summed E-state index contributed by atoms with van der Waals surface area (Å²) >= 11 is 0. The fourth-order valence-corrected chi connectivity index (χ4v) is 3.60. The number of aromatic nitrogens is 2. The fourth-order valence-electron chi connectivity index (χ4n) is 3.60. The van der Waals surface area contributed by atoms with E-state index in [-0.39, 0.29) is 0 Å². The average molecular weight is 369 g/mol. The van der Waals surface area contributed by atoms with Crippen molar-refractivity contribution in [2.75, 3.05) is 0 Å². The number of hydrogen-bond donors (Lipinski definition) is 2. The van der Waals surface area contributed by atoms with Crippen molar-refractivity contribution in [2.45, 2.75) is 19.2 Å². The topological polar surface area (TPSA) is 53.9 Å². The molecule has 1 atom stereocenters. The first kappa shape index (κ1) is 18.0. The molecule has 1 heterocycles. The molecule has 0 saturated heterocycles. The number of rotatable bonds is 6. The molecule has 1 aromatic heterocycles. The van der Waals surface area contributed by atoms with Gasteiger partial charge in [-0.15, -0.1) is 6.58 Å². The van der Waals surface area contributed by atoms with E-state index < -0.39 is 6.10 Å². The van der Waals surface area contributed by atoms with Gasteiger partial charge >= 0.3 is 0 Å². The lowest BCUT2D eigenvalue weighted by Gasteiger charge is -2.13. The Hall–Kier alpha value is -3.37. The van der Waals surface area contributed by atoms with Gasteiger partial charge in [0.1, 0.15) is 0 Å². The van der Waals surface area contributed by atoms with Crippen LogP contribution >= 0.6 is 0 Å². The lowest BCUT2D eigenvalue weighted by Crippen LogP contribution is -2.26. The molecule has 0 aliphatic rings. The molecule has 0 saturated carbocycles. The minimum absolute atomic E-state index is 0.328. The normalized spacial score (nSPS) is 12.2. The van der Waals surface area contributed by atoms with E-state index >= 15 is 0 Å². The molecule has 2 N–H and O–H groups in total. The summed E-state index contributed by atoms with van der Waals surface area (Å²) in [5, 5.41) is 19.4. The number of allylic oxidation sites excluding steroid dienone is 1. The van der Waals surface area contributed by atoms with Crippen LogP contribution in [0.3, 0.4) is 0 Å². The first-order chi connectivity index (χ1) is 13.7. The Morgan fingerprint density at radius 3 is 2.04 bits per heavy atom. The van der Waals surface area contributed by atoms with E-state index in [1.807, 2.05) is 75.9 Å². The summed E-state index contributed by atoms with van der Waals surface area (Å²) < 4.78 is 3.75. The zero-order chi connectivity index (χ0) is 19.5. The van der Waals surface area contributed by atoms with Gasteiger partial charge in [-0.3, -0.25) is 5.41 Å². The van der Waals surface area contributed by atoms with Gasteiger partial charge in [0.2, 0.25) is 5.62 Å². The fraction of sp³-hybridized carbons (Fsp3) is 0.125. The van der Waals surface area contributed by atoms with Crippen molar-refractivity contribution in [1.29, 1.82) is 5.41 Å². The third-order valence-corrected chi connectivity index (χ3v) is 5.04. The zero-order valence-electron chi connectivity index (χ0n) is 15.6. The number of benzene rings is 3. The van der Waals surface area contributed by atoms with Crippen LogP contribution in [0, 0.1) is 5.41 Å². The molecule has 0 fully saturated rings. The first-order valence-corrected chi connectivity index (χ1v) is 9.36. The second-order valence-electron chi connectivity index (χ2n) is 6.83. The van der Waals surface area contributed by atoms with Crippen LogP contribution in [-0.4, -0.2) is 14.2 Å². The summed E-state index contributed by atoms with van der Waals surface area (Å²) in [6.45, 7) is 4.68. The Balaban J connectivity index is 1.64. The van der Waals surface area contributed by atoms with Crippen molar-refractivity contribution in [3.63, 3.8) is 0 Å². The molecule has 0 amide bonds. The molecule has 28 heavy (non-hydrogen) atoms. The minimum Gasteiger partial charge on any atom is -0.387 e. The summed E-state index contributed by atoms with van der Waals surface area (Å²) in [4.78, 5) is 0. The van der Waals surface area contributed by atoms with E-state index in [0.29, 0.717) is 18.7 Å². The number of aliphatic hydroxyl groups is 1. The van der Waals surface area contributed by atoms with Gasteiger partial charge in [0.15, 0.2) is 0 Å². The van der Waals surface area contributed by atoms with E-state index in [4.69, 9.17) is 5.41 Å². The van der Waals surface area contributed by atoms with E-state index in [1.165, 1.54) is 0 Å². The highest BCUT2D eigenvalue weighted by Gasteiger charge is 2.14. The Morgan fingerprint density at radius 1 is 0.821 bits per heavy atom. The van der Waals surface area contributed by atoms with E-state index in [9.17, 15) is 5.11 Å². The van der Waals surface area contributed by atoms with Crippen molar-refractivity contribution in [2.24, 2.45) is 0 Å². The average Bonchev–Trinajstić information content (AvgIpc) is 3.01. The molecule has 4 heteroatoms. The van der Waals surface area contributed by atoms with Crippen LogP contribution < -0.4 is 5.62 Å². The van der Waals surface area contributed by atoms with Gasteiger partial charge in [-0.2, -0.15) is 0 Å². The number of para-hydroxylation sites is 2. The van der Waals surface area contributed by atoms with Crippen LogP contribution in [0.15, 0.2) is 91.5 Å². The molecule has 4 nitrogen and oxygen atoms in total. The van der Waals surface area contributed by atoms with Crippen LogP contribution in [-0.2, 0) is 13.1 Å². The second-order valence-corrected chi connectivity index (χ2v) is 6.83. The number of fused-ring (bicyclic) bond motifs is 1. The van der Waals surface area contributed by atoms with Gasteiger partial charge in [-0.25, -0.2) is 0 Å². The highest BCUT2D eigenvalue weighted by molar-refractivity contribution is 5.76. The smallest absolute Gasteiger partial charge is 0.203 e. The summed E-state index contributed by atoms with van der Waals surface area (Å²) in [7, 11) is 0. The summed E-state index contributed by atoms with van der Waals surface area (Å²) in [5.74, 6) is 0. The Kier molecular flexibility index (Phi) is 4.96. The highest BCUT2D eigenvalue weighted by Crippen LogP contribution is 2.23. The SMILES string of the molecule is C=CCn1c(=N)n(C[C@H](O)c2ccc(-c3ccccc3)cc2)c2ccccc21. The lowest BCUT2D eigenvalue weighted by atomic mass is 10.0. The van der Waals surface area contributed by atoms with Crippen molar-refractivity contribution in [3.05, 3.63) is 103 Å². The molecule has 4 aromatic rings. The quantitative estimate of drug-likeness (QED) is 0.483. The van der Waals surface area contributed by atoms with Gasteiger partial charge in [0, 0.05) is 6.54 Å². The minimum atomic E-state index is -0.693. The predicted octanol–water partition coefficient (Wildman–Crippen LogP) is 4.51. The van der Waals surface area contributed by atoms with Crippen molar-refractivity contribution < 1.29 is 5.11 Å². The molecule has 0 aliphatic carbocycles. The third-order valence-electron chi connectivity index (χ3n) is 5.04. The van der Waals surface area contributed by atoms with Gasteiger partial charge in [0.05, 0.1) is 23.7 Å². The summed E-state index contributed by atoms with van der Waals surface area (Å²) in [5.41, 5.74) is 5.38. The Morgan fingerprint density at radius 2 is 1.39 bits per heavy atom. The number of aliphatic hydroxyl groups excluding tert-OH is 1. The standard InChI is InChI=1S/C24H23N3O/c1-2-16-26-21-10-6-7-11-22(21)27(24(26)25)17-23(28)20-14-12-19(13-15-20)18-8-4-3-5-9-18/h2-15,23,25,28H,1,16-17H2/t23-/m0/s1. The maximum absolute atomic E-state index is 10.8. The number of nitrogens with one attached hydrogen (secondary N) is 1. The van der Waals surface area contributed by atoms with E-state index in [2.05, 4.69) is 18.7 Å². The largest absolute Gasteiger partial charge is 0.387 e. The van der Waals surface area contributed by atoms with Crippen LogP contribution in [0.25, 0.3) is 22.2 Å². The lowest BCUT2D eigenvalue weighted by molar-refractivity contribution is 0.156. The van der Waals surface area contributed by atoms with Gasteiger partial charge in [0.25, 0.3) is 0 Å². The maximum Gasteiger partial charge on any atom is 0.203 e. The molecule has 140 valence electrons. The Bertz CT molecular complexity index is 1150. The van der Waals surface area contributed by atoms with Crippen molar-refractivity contribution in [1.82, 2.24) is 9.13 Å². The van der Waals surface area contributed by atoms with Gasteiger partial charge in [-0.05, 0) is 28.8 Å². The van der Waals surface area contributed by atoms with Crippen LogP contribution in [0.4, 0.5) is 0 Å². The maximum atomic E-state index is 10.8. The second kappa shape index (κ2) is 7.71. The van der Waals surface area contributed by atoms with Crippen LogP contribution in [0.1, 0.15) is 11.7 Å². The third kappa shape index (κ3) is 3.30. The predicted molar refractivity (Wildman–Crippen MR) is 113 cm³/mol. The molecular weight excluding hydrogens is 346 g/mol. The summed E-state index contributed by atoms with van der Waals surface area (Å²) in [6.07, 6.45) is 1.09. The van der Waals surface area contributed by atoms with Gasteiger partial charge in [-0.1, -0.05) is 72.8 Å². The van der Waals surface area contributed by atoms with Crippen LogP contribution in [0.2, 0.25) is 0 Å². The van der Waals surface area contributed by atoms with Gasteiger partial charge < -0.3 is 14.2 Å². The number of imidazole rings is 1. The van der Waals surface area contributed by atoms with Crippen LogP contribution in [0.5, 0.6) is 0 Å².